The molecule has 0 aliphatic carbocycles. The first-order chi connectivity index (χ1) is 8.60. The average Bonchev–Trinajstić information content (AvgIpc) is 2.35. The fourth-order valence-corrected chi connectivity index (χ4v) is 2.63. The number of hydrogen-bond acceptors (Lipinski definition) is 4. The molecule has 0 radical (unpaired) electrons. The van der Waals surface area contributed by atoms with E-state index in [0.29, 0.717) is 11.0 Å². The van der Waals surface area contributed by atoms with Gasteiger partial charge in [-0.3, -0.25) is 0 Å². The van der Waals surface area contributed by atoms with Gasteiger partial charge in [-0.15, -0.1) is 11.8 Å². The second kappa shape index (κ2) is 7.61. The molecule has 0 heterocycles. The zero-order chi connectivity index (χ0) is 13.5. The standard InChI is InChI=1S/C13H20N2OS2/c1-9(7-8-16-2)15-10-5-4-6-11(18-3)12(10)13(14)17/h4-6,9,15H,7-8H2,1-3H3,(H2,14,17). The Morgan fingerprint density at radius 3 is 2.83 bits per heavy atom. The zero-order valence-electron chi connectivity index (χ0n) is 11.0. The highest BCUT2D eigenvalue weighted by Gasteiger charge is 2.12. The minimum absolute atomic E-state index is 0.315. The van der Waals surface area contributed by atoms with Crippen LogP contribution in [0.1, 0.15) is 18.9 Å². The van der Waals surface area contributed by atoms with Crippen LogP contribution < -0.4 is 11.1 Å². The third kappa shape index (κ3) is 4.15. The van der Waals surface area contributed by atoms with Gasteiger partial charge in [0.25, 0.3) is 0 Å². The maximum atomic E-state index is 5.82. The molecule has 0 saturated carbocycles. The summed E-state index contributed by atoms with van der Waals surface area (Å²) in [5, 5.41) is 3.44. The number of benzene rings is 1. The van der Waals surface area contributed by atoms with Gasteiger partial charge in [0.15, 0.2) is 0 Å². The Labute approximate surface area is 118 Å². The van der Waals surface area contributed by atoms with E-state index in [1.165, 1.54) is 0 Å². The molecule has 0 aliphatic rings. The smallest absolute Gasteiger partial charge is 0.107 e. The summed E-state index contributed by atoms with van der Waals surface area (Å²) in [5.74, 6) is 0. The summed E-state index contributed by atoms with van der Waals surface area (Å²) in [6.07, 6.45) is 2.96. The van der Waals surface area contributed by atoms with Crippen LogP contribution in [0.3, 0.4) is 0 Å². The van der Waals surface area contributed by atoms with Crippen LogP contribution in [0.2, 0.25) is 0 Å². The van der Waals surface area contributed by atoms with Gasteiger partial charge < -0.3 is 15.8 Å². The molecular formula is C13H20N2OS2. The summed E-state index contributed by atoms with van der Waals surface area (Å²) in [7, 11) is 1.71. The van der Waals surface area contributed by atoms with Gasteiger partial charge in [-0.05, 0) is 31.7 Å². The largest absolute Gasteiger partial charge is 0.389 e. The molecule has 5 heteroatoms. The second-order valence-corrected chi connectivity index (χ2v) is 5.36. The molecule has 3 N–H and O–H groups in total. The van der Waals surface area contributed by atoms with Gasteiger partial charge in [0, 0.05) is 35.9 Å². The molecule has 0 aliphatic heterocycles. The number of ether oxygens (including phenoxy) is 1. The highest BCUT2D eigenvalue weighted by molar-refractivity contribution is 7.98. The van der Waals surface area contributed by atoms with Gasteiger partial charge in [0.05, 0.1) is 0 Å². The average molecular weight is 284 g/mol. The molecule has 1 aromatic rings. The van der Waals surface area contributed by atoms with Gasteiger partial charge in [-0.2, -0.15) is 0 Å². The fourth-order valence-electron chi connectivity index (χ4n) is 1.71. The molecule has 0 bridgehead atoms. The van der Waals surface area contributed by atoms with Crippen molar-refractivity contribution >= 4 is 34.7 Å². The number of anilines is 1. The molecule has 0 amide bonds. The van der Waals surface area contributed by atoms with Gasteiger partial charge in [-0.25, -0.2) is 0 Å². The van der Waals surface area contributed by atoms with Gasteiger partial charge in [0.1, 0.15) is 4.99 Å². The van der Waals surface area contributed by atoms with Gasteiger partial charge in [0.2, 0.25) is 0 Å². The van der Waals surface area contributed by atoms with Crippen molar-refractivity contribution in [3.05, 3.63) is 23.8 Å². The van der Waals surface area contributed by atoms with Crippen LogP contribution >= 0.6 is 24.0 Å². The minimum atomic E-state index is 0.315. The predicted octanol–water partition coefficient (Wildman–Crippen LogP) is 2.88. The Morgan fingerprint density at radius 1 is 1.56 bits per heavy atom. The number of rotatable bonds is 7. The van der Waals surface area contributed by atoms with Crippen molar-refractivity contribution in [3.63, 3.8) is 0 Å². The first-order valence-electron chi connectivity index (χ1n) is 5.82. The van der Waals surface area contributed by atoms with E-state index < -0.39 is 0 Å². The SMILES string of the molecule is COCCC(C)Nc1cccc(SC)c1C(N)=S. The Kier molecular flexibility index (Phi) is 6.46. The summed E-state index contributed by atoms with van der Waals surface area (Å²) >= 11 is 6.79. The molecule has 0 saturated heterocycles. The quantitative estimate of drug-likeness (QED) is 0.595. The van der Waals surface area contributed by atoms with E-state index in [1.807, 2.05) is 24.5 Å². The lowest BCUT2D eigenvalue weighted by Gasteiger charge is -2.19. The molecule has 1 aromatic carbocycles. The molecule has 18 heavy (non-hydrogen) atoms. The number of thiocarbonyl (C=S) groups is 1. The van der Waals surface area contributed by atoms with Gasteiger partial charge in [-0.1, -0.05) is 18.3 Å². The number of hydrogen-bond donors (Lipinski definition) is 2. The molecule has 0 spiro atoms. The summed E-state index contributed by atoms with van der Waals surface area (Å²) in [6, 6.07) is 6.37. The van der Waals surface area contributed by atoms with Crippen molar-refractivity contribution in [1.82, 2.24) is 0 Å². The molecule has 1 atom stereocenters. The summed E-state index contributed by atoms with van der Waals surface area (Å²) in [5.41, 5.74) is 7.75. The van der Waals surface area contributed by atoms with Crippen molar-refractivity contribution in [2.24, 2.45) is 5.73 Å². The number of nitrogens with two attached hydrogens (primary N) is 1. The van der Waals surface area contributed by atoms with Crippen LogP contribution in [-0.2, 0) is 4.74 Å². The van der Waals surface area contributed by atoms with Crippen LogP contribution in [0.25, 0.3) is 0 Å². The van der Waals surface area contributed by atoms with Crippen molar-refractivity contribution in [3.8, 4) is 0 Å². The maximum Gasteiger partial charge on any atom is 0.107 e. The van der Waals surface area contributed by atoms with E-state index in [1.54, 1.807) is 18.9 Å². The van der Waals surface area contributed by atoms with E-state index in [2.05, 4.69) is 12.2 Å². The molecule has 0 aromatic heterocycles. The molecule has 1 unspecified atom stereocenters. The third-order valence-corrected chi connectivity index (χ3v) is 3.63. The normalized spacial score (nSPS) is 12.2. The van der Waals surface area contributed by atoms with Crippen molar-refractivity contribution in [2.75, 3.05) is 25.3 Å². The lowest BCUT2D eigenvalue weighted by molar-refractivity contribution is 0.191. The molecule has 100 valence electrons. The van der Waals surface area contributed by atoms with Crippen LogP contribution in [0.5, 0.6) is 0 Å². The highest BCUT2D eigenvalue weighted by Crippen LogP contribution is 2.27. The van der Waals surface area contributed by atoms with E-state index >= 15 is 0 Å². The number of nitrogens with one attached hydrogen (secondary N) is 1. The maximum absolute atomic E-state index is 5.82. The Balaban J connectivity index is 2.90. The molecular weight excluding hydrogens is 264 g/mol. The lowest BCUT2D eigenvalue weighted by atomic mass is 10.1. The zero-order valence-corrected chi connectivity index (χ0v) is 12.7. The van der Waals surface area contributed by atoms with Crippen LogP contribution in [0, 0.1) is 0 Å². The fraction of sp³-hybridized carbons (Fsp3) is 0.462. The first-order valence-corrected chi connectivity index (χ1v) is 7.45. The number of methoxy groups -OCH3 is 1. The van der Waals surface area contributed by atoms with E-state index in [0.717, 1.165) is 29.2 Å². The second-order valence-electron chi connectivity index (χ2n) is 4.07. The highest BCUT2D eigenvalue weighted by atomic mass is 32.2. The van der Waals surface area contributed by atoms with E-state index in [4.69, 9.17) is 22.7 Å². The Morgan fingerprint density at radius 2 is 2.28 bits per heavy atom. The first kappa shape index (κ1) is 15.3. The monoisotopic (exact) mass is 284 g/mol. The number of thioether (sulfide) groups is 1. The lowest BCUT2D eigenvalue weighted by Crippen LogP contribution is -2.21. The topological polar surface area (TPSA) is 47.3 Å². The summed E-state index contributed by atoms with van der Waals surface area (Å²) < 4.78 is 5.08. The van der Waals surface area contributed by atoms with Gasteiger partial charge >= 0.3 is 0 Å². The van der Waals surface area contributed by atoms with Crippen molar-refractivity contribution in [2.45, 2.75) is 24.3 Å². The molecule has 3 nitrogen and oxygen atoms in total. The van der Waals surface area contributed by atoms with Crippen LogP contribution in [0.15, 0.2) is 23.1 Å². The molecule has 0 fully saturated rings. The third-order valence-electron chi connectivity index (χ3n) is 2.65. The van der Waals surface area contributed by atoms with E-state index in [9.17, 15) is 0 Å². The predicted molar refractivity (Wildman–Crippen MR) is 83.7 cm³/mol. The minimum Gasteiger partial charge on any atom is -0.389 e. The van der Waals surface area contributed by atoms with Crippen molar-refractivity contribution in [1.29, 1.82) is 0 Å². The van der Waals surface area contributed by atoms with E-state index in [-0.39, 0.29) is 0 Å². The van der Waals surface area contributed by atoms with Crippen molar-refractivity contribution < 1.29 is 4.74 Å². The Hall–Kier alpha value is -0.780. The summed E-state index contributed by atoms with van der Waals surface area (Å²) in [6.45, 7) is 2.85. The molecule has 1 rings (SSSR count). The van der Waals surface area contributed by atoms with Crippen LogP contribution in [0.4, 0.5) is 5.69 Å². The summed E-state index contributed by atoms with van der Waals surface area (Å²) in [4.78, 5) is 1.54. The Bertz CT molecular complexity index is 410. The van der Waals surface area contributed by atoms with Crippen LogP contribution in [-0.4, -0.2) is 31.0 Å².